The first-order valence-electron chi connectivity index (χ1n) is 10.5. The maximum absolute atomic E-state index is 12.9. The summed E-state index contributed by atoms with van der Waals surface area (Å²) >= 11 is 0. The maximum Gasteiger partial charge on any atom is 0.349 e. The SMILES string of the molecule is O=C(Nc1ccc(-c2nc3ccccc3[nH]2)cc1)c1cc2c(ccc3ccccc32)oc1=O. The third-order valence-electron chi connectivity index (χ3n) is 5.69. The fourth-order valence-corrected chi connectivity index (χ4v) is 4.03. The van der Waals surface area contributed by atoms with Crippen molar-refractivity contribution < 1.29 is 9.21 Å². The summed E-state index contributed by atoms with van der Waals surface area (Å²) in [6, 6.07) is 28.1. The fraction of sp³-hybridized carbons (Fsp3) is 0. The molecule has 0 aliphatic carbocycles. The van der Waals surface area contributed by atoms with Crippen molar-refractivity contribution in [3.63, 3.8) is 0 Å². The number of aromatic amines is 1. The third-order valence-corrected chi connectivity index (χ3v) is 5.69. The van der Waals surface area contributed by atoms with E-state index in [0.29, 0.717) is 11.3 Å². The Morgan fingerprint density at radius 1 is 0.848 bits per heavy atom. The standard InChI is InChI=1S/C27H17N3O3/c31-26(21-15-20-19-6-2-1-5-16(19)11-14-24(20)33-27(21)32)28-18-12-9-17(10-13-18)25-29-22-7-3-4-8-23(22)30-25/h1-15H,(H,28,31)(H,29,30). The number of nitrogens with zero attached hydrogens (tertiary/aromatic N) is 1. The number of hydrogen-bond acceptors (Lipinski definition) is 4. The van der Waals surface area contributed by atoms with Crippen LogP contribution in [-0.4, -0.2) is 15.9 Å². The number of para-hydroxylation sites is 2. The minimum Gasteiger partial charge on any atom is -0.422 e. The van der Waals surface area contributed by atoms with Crippen LogP contribution in [0.1, 0.15) is 10.4 Å². The molecule has 6 heteroatoms. The molecule has 0 unspecified atom stereocenters. The molecule has 6 nitrogen and oxygen atoms in total. The van der Waals surface area contributed by atoms with E-state index in [2.05, 4.69) is 15.3 Å². The van der Waals surface area contributed by atoms with Gasteiger partial charge in [-0.05, 0) is 59.3 Å². The highest BCUT2D eigenvalue weighted by atomic mass is 16.4. The van der Waals surface area contributed by atoms with Crippen molar-refractivity contribution in [3.05, 3.63) is 107 Å². The van der Waals surface area contributed by atoms with Gasteiger partial charge in [-0.3, -0.25) is 4.79 Å². The Morgan fingerprint density at radius 3 is 2.48 bits per heavy atom. The zero-order valence-electron chi connectivity index (χ0n) is 17.3. The van der Waals surface area contributed by atoms with Gasteiger partial charge in [0.2, 0.25) is 0 Å². The molecule has 0 aliphatic rings. The summed E-state index contributed by atoms with van der Waals surface area (Å²) in [5.41, 5.74) is 3.04. The van der Waals surface area contributed by atoms with Gasteiger partial charge >= 0.3 is 5.63 Å². The molecular weight excluding hydrogens is 414 g/mol. The van der Waals surface area contributed by atoms with Gasteiger partial charge in [-0.25, -0.2) is 9.78 Å². The van der Waals surface area contributed by atoms with Gasteiger partial charge in [0.15, 0.2) is 0 Å². The van der Waals surface area contributed by atoms with Gasteiger partial charge in [0.25, 0.3) is 5.91 Å². The minimum absolute atomic E-state index is 0.0415. The lowest BCUT2D eigenvalue weighted by Gasteiger charge is -2.07. The van der Waals surface area contributed by atoms with Crippen LogP contribution in [-0.2, 0) is 0 Å². The van der Waals surface area contributed by atoms with Crippen LogP contribution in [0.2, 0.25) is 0 Å². The molecule has 2 heterocycles. The summed E-state index contributed by atoms with van der Waals surface area (Å²) in [5.74, 6) is 0.228. The van der Waals surface area contributed by atoms with E-state index in [-0.39, 0.29) is 5.56 Å². The predicted octanol–water partition coefficient (Wildman–Crippen LogP) is 5.74. The molecule has 0 bridgehead atoms. The Bertz CT molecular complexity index is 1700. The lowest BCUT2D eigenvalue weighted by atomic mass is 10.0. The van der Waals surface area contributed by atoms with Crippen LogP contribution in [0.15, 0.2) is 100 Å². The first-order chi connectivity index (χ1) is 16.2. The van der Waals surface area contributed by atoms with Crippen molar-refractivity contribution in [1.29, 1.82) is 0 Å². The third kappa shape index (κ3) is 3.34. The number of fused-ring (bicyclic) bond motifs is 4. The molecule has 2 aromatic heterocycles. The van der Waals surface area contributed by atoms with Crippen molar-refractivity contribution in [2.24, 2.45) is 0 Å². The van der Waals surface area contributed by atoms with E-state index >= 15 is 0 Å². The van der Waals surface area contributed by atoms with Crippen LogP contribution < -0.4 is 10.9 Å². The van der Waals surface area contributed by atoms with Gasteiger partial charge in [-0.2, -0.15) is 0 Å². The van der Waals surface area contributed by atoms with Crippen LogP contribution in [0.25, 0.3) is 44.2 Å². The first-order valence-corrected chi connectivity index (χ1v) is 10.5. The zero-order valence-corrected chi connectivity index (χ0v) is 17.3. The highest BCUT2D eigenvalue weighted by Crippen LogP contribution is 2.26. The molecule has 33 heavy (non-hydrogen) atoms. The monoisotopic (exact) mass is 431 g/mol. The number of carbonyl (C=O) groups is 1. The van der Waals surface area contributed by atoms with E-state index in [1.54, 1.807) is 24.3 Å². The average molecular weight is 431 g/mol. The molecule has 4 aromatic carbocycles. The number of amides is 1. The molecular formula is C27H17N3O3. The first kappa shape index (κ1) is 19.0. The number of carbonyl (C=O) groups excluding carboxylic acids is 1. The van der Waals surface area contributed by atoms with E-state index < -0.39 is 11.5 Å². The second-order valence-corrected chi connectivity index (χ2v) is 7.78. The highest BCUT2D eigenvalue weighted by Gasteiger charge is 2.15. The van der Waals surface area contributed by atoms with Gasteiger partial charge in [0.05, 0.1) is 11.0 Å². The van der Waals surface area contributed by atoms with Crippen LogP contribution in [0, 0.1) is 0 Å². The number of anilines is 1. The number of nitrogens with one attached hydrogen (secondary N) is 2. The Kier molecular flexibility index (Phi) is 4.30. The smallest absolute Gasteiger partial charge is 0.349 e. The Hall–Kier alpha value is -4.71. The molecule has 158 valence electrons. The van der Waals surface area contributed by atoms with Gasteiger partial charge in [0.1, 0.15) is 17.0 Å². The van der Waals surface area contributed by atoms with E-state index in [1.807, 2.05) is 66.7 Å². The minimum atomic E-state index is -0.672. The molecule has 6 aromatic rings. The Morgan fingerprint density at radius 2 is 1.64 bits per heavy atom. The van der Waals surface area contributed by atoms with Gasteiger partial charge in [-0.15, -0.1) is 0 Å². The van der Waals surface area contributed by atoms with Crippen molar-refractivity contribution in [3.8, 4) is 11.4 Å². The molecule has 6 rings (SSSR count). The number of rotatable bonds is 3. The van der Waals surface area contributed by atoms with Crippen LogP contribution in [0.3, 0.4) is 0 Å². The normalized spacial score (nSPS) is 11.3. The highest BCUT2D eigenvalue weighted by molar-refractivity contribution is 6.10. The van der Waals surface area contributed by atoms with E-state index in [4.69, 9.17) is 4.42 Å². The lowest BCUT2D eigenvalue weighted by Crippen LogP contribution is -2.20. The van der Waals surface area contributed by atoms with E-state index in [9.17, 15) is 9.59 Å². The van der Waals surface area contributed by atoms with Crippen molar-refractivity contribution in [1.82, 2.24) is 9.97 Å². The van der Waals surface area contributed by atoms with Crippen molar-refractivity contribution in [2.75, 3.05) is 5.32 Å². The molecule has 0 atom stereocenters. The number of H-pyrrole nitrogens is 1. The number of hydrogen-bond donors (Lipinski definition) is 2. The van der Waals surface area contributed by atoms with E-state index in [1.165, 1.54) is 0 Å². The summed E-state index contributed by atoms with van der Waals surface area (Å²) in [6.45, 7) is 0. The molecule has 0 spiro atoms. The van der Waals surface area contributed by atoms with Crippen LogP contribution in [0.5, 0.6) is 0 Å². The summed E-state index contributed by atoms with van der Waals surface area (Å²) in [6.07, 6.45) is 0. The predicted molar refractivity (Wildman–Crippen MR) is 129 cm³/mol. The quantitative estimate of drug-likeness (QED) is 0.276. The Labute approximate surface area is 187 Å². The second kappa shape index (κ2) is 7.46. The molecule has 2 N–H and O–H groups in total. The number of imidazole rings is 1. The lowest BCUT2D eigenvalue weighted by molar-refractivity contribution is 0.102. The number of benzene rings is 4. The van der Waals surface area contributed by atoms with Crippen molar-refractivity contribution in [2.45, 2.75) is 0 Å². The van der Waals surface area contributed by atoms with Gasteiger partial charge in [-0.1, -0.05) is 42.5 Å². The van der Waals surface area contributed by atoms with Crippen LogP contribution in [0.4, 0.5) is 5.69 Å². The summed E-state index contributed by atoms with van der Waals surface area (Å²) < 4.78 is 5.44. The molecule has 0 saturated carbocycles. The van der Waals surface area contributed by atoms with Crippen LogP contribution >= 0.6 is 0 Å². The largest absolute Gasteiger partial charge is 0.422 e. The van der Waals surface area contributed by atoms with Crippen molar-refractivity contribution >= 4 is 44.4 Å². The molecule has 0 saturated heterocycles. The van der Waals surface area contributed by atoms with Gasteiger partial charge < -0.3 is 14.7 Å². The molecule has 1 amide bonds. The molecule has 0 fully saturated rings. The number of aromatic nitrogens is 2. The molecule has 0 radical (unpaired) electrons. The summed E-state index contributed by atoms with van der Waals surface area (Å²) in [4.78, 5) is 33.3. The topological polar surface area (TPSA) is 88.0 Å². The van der Waals surface area contributed by atoms with Gasteiger partial charge in [0, 0.05) is 16.6 Å². The Balaban J connectivity index is 1.31. The summed E-state index contributed by atoms with van der Waals surface area (Å²) in [5, 5.41) is 5.43. The average Bonchev–Trinajstić information content (AvgIpc) is 3.28. The zero-order chi connectivity index (χ0) is 22.4. The summed E-state index contributed by atoms with van der Waals surface area (Å²) in [7, 11) is 0. The maximum atomic E-state index is 12.9. The fourth-order valence-electron chi connectivity index (χ4n) is 4.03. The second-order valence-electron chi connectivity index (χ2n) is 7.78. The van der Waals surface area contributed by atoms with E-state index in [0.717, 1.165) is 38.6 Å². The molecule has 0 aliphatic heterocycles.